The first-order valence-electron chi connectivity index (χ1n) is 9.15. The molecule has 0 unspecified atom stereocenters. The highest BCUT2D eigenvalue weighted by molar-refractivity contribution is 5.91. The summed E-state index contributed by atoms with van der Waals surface area (Å²) >= 11 is 0. The molecule has 0 saturated carbocycles. The molecule has 3 aromatic rings. The average molecular weight is 379 g/mol. The molecule has 0 aromatic carbocycles. The fourth-order valence-electron chi connectivity index (χ4n) is 3.30. The summed E-state index contributed by atoms with van der Waals surface area (Å²) < 4.78 is 1.56. The Hall–Kier alpha value is -3.43. The lowest BCUT2D eigenvalue weighted by atomic mass is 9.96. The minimum absolute atomic E-state index is 0.0303. The summed E-state index contributed by atoms with van der Waals surface area (Å²) in [6, 6.07) is 5.64. The normalized spacial score (nSPS) is 14.9. The molecule has 10 nitrogen and oxygen atoms in total. The van der Waals surface area contributed by atoms with Crippen molar-refractivity contribution in [3.63, 3.8) is 0 Å². The Morgan fingerprint density at radius 1 is 1.07 bits per heavy atom. The maximum atomic E-state index is 12.6. The van der Waals surface area contributed by atoms with Crippen molar-refractivity contribution < 1.29 is 4.79 Å². The molecule has 0 atom stereocenters. The number of hydrogen-bond acceptors (Lipinski definition) is 8. The van der Waals surface area contributed by atoms with Gasteiger partial charge in [0.2, 0.25) is 11.9 Å². The molecule has 144 valence electrons. The Labute approximate surface area is 162 Å². The molecule has 0 aliphatic carbocycles. The highest BCUT2D eigenvalue weighted by atomic mass is 16.2. The van der Waals surface area contributed by atoms with Crippen molar-refractivity contribution in [2.75, 3.05) is 23.3 Å². The second-order valence-corrected chi connectivity index (χ2v) is 6.81. The quantitative estimate of drug-likeness (QED) is 0.722. The van der Waals surface area contributed by atoms with Crippen LogP contribution in [0.25, 0.3) is 5.82 Å². The second-order valence-electron chi connectivity index (χ2n) is 6.81. The van der Waals surface area contributed by atoms with Gasteiger partial charge in [0.05, 0.1) is 0 Å². The SMILES string of the molecule is Cc1cc(C)nc(NC(=O)C2CCN(c3ccc(-n4cncn4)nn3)CC2)n1. The average Bonchev–Trinajstić information content (AvgIpc) is 3.22. The molecule has 28 heavy (non-hydrogen) atoms. The van der Waals surface area contributed by atoms with Crippen molar-refractivity contribution >= 4 is 17.7 Å². The van der Waals surface area contributed by atoms with Crippen LogP contribution < -0.4 is 10.2 Å². The number of nitrogens with zero attached hydrogens (tertiary/aromatic N) is 8. The van der Waals surface area contributed by atoms with E-state index in [0.717, 1.165) is 43.1 Å². The lowest BCUT2D eigenvalue weighted by molar-refractivity contribution is -0.120. The standard InChI is InChI=1S/C18H21N9O/c1-12-9-13(2)22-18(21-12)23-17(28)14-5-7-26(8-6-14)15-3-4-16(25-24-15)27-11-19-10-20-27/h3-4,9-11,14H,5-8H2,1-2H3,(H,21,22,23,28). The third kappa shape index (κ3) is 3.95. The van der Waals surface area contributed by atoms with E-state index >= 15 is 0 Å². The lowest BCUT2D eigenvalue weighted by Gasteiger charge is -2.31. The van der Waals surface area contributed by atoms with Gasteiger partial charge in [-0.25, -0.2) is 19.6 Å². The van der Waals surface area contributed by atoms with Gasteiger partial charge < -0.3 is 4.90 Å². The molecule has 0 radical (unpaired) electrons. The van der Waals surface area contributed by atoms with Crippen LogP contribution in [-0.4, -0.2) is 53.9 Å². The van der Waals surface area contributed by atoms with E-state index in [2.05, 4.69) is 40.5 Å². The number of piperidine rings is 1. The van der Waals surface area contributed by atoms with Gasteiger partial charge in [0.25, 0.3) is 0 Å². The van der Waals surface area contributed by atoms with Crippen molar-refractivity contribution in [3.8, 4) is 5.82 Å². The van der Waals surface area contributed by atoms with E-state index in [4.69, 9.17) is 0 Å². The smallest absolute Gasteiger partial charge is 0.229 e. The summed E-state index contributed by atoms with van der Waals surface area (Å²) in [4.78, 5) is 27.1. The molecule has 3 aromatic heterocycles. The number of carbonyl (C=O) groups excluding carboxylic acids is 1. The van der Waals surface area contributed by atoms with Crippen LogP contribution in [0.5, 0.6) is 0 Å². The van der Waals surface area contributed by atoms with Gasteiger partial charge in [0.15, 0.2) is 11.6 Å². The van der Waals surface area contributed by atoms with Crippen LogP contribution in [0.2, 0.25) is 0 Å². The number of anilines is 2. The first-order valence-corrected chi connectivity index (χ1v) is 9.15. The fraction of sp³-hybridized carbons (Fsp3) is 0.389. The molecule has 1 N–H and O–H groups in total. The number of aromatic nitrogens is 7. The van der Waals surface area contributed by atoms with E-state index < -0.39 is 0 Å². The fourth-order valence-corrected chi connectivity index (χ4v) is 3.30. The van der Waals surface area contributed by atoms with Crippen molar-refractivity contribution in [2.45, 2.75) is 26.7 Å². The molecule has 4 heterocycles. The molecule has 4 rings (SSSR count). The number of amides is 1. The second kappa shape index (κ2) is 7.67. The van der Waals surface area contributed by atoms with Gasteiger partial charge in [-0.15, -0.1) is 10.2 Å². The van der Waals surface area contributed by atoms with Gasteiger partial charge in [-0.2, -0.15) is 5.10 Å². The highest BCUT2D eigenvalue weighted by Crippen LogP contribution is 2.22. The number of hydrogen-bond donors (Lipinski definition) is 1. The van der Waals surface area contributed by atoms with E-state index in [1.165, 1.54) is 6.33 Å². The first-order chi connectivity index (χ1) is 13.6. The van der Waals surface area contributed by atoms with Gasteiger partial charge in [-0.1, -0.05) is 0 Å². The van der Waals surface area contributed by atoms with Crippen LogP contribution in [0.4, 0.5) is 11.8 Å². The number of aryl methyl sites for hydroxylation is 2. The third-order valence-electron chi connectivity index (χ3n) is 4.70. The van der Waals surface area contributed by atoms with Crippen molar-refractivity contribution in [1.29, 1.82) is 0 Å². The third-order valence-corrected chi connectivity index (χ3v) is 4.70. The zero-order valence-corrected chi connectivity index (χ0v) is 15.8. The maximum Gasteiger partial charge on any atom is 0.229 e. The first kappa shape index (κ1) is 18.0. The van der Waals surface area contributed by atoms with Gasteiger partial charge in [0.1, 0.15) is 12.7 Å². The predicted molar refractivity (Wildman–Crippen MR) is 102 cm³/mol. The summed E-state index contributed by atoms with van der Waals surface area (Å²) in [6.07, 6.45) is 4.51. The lowest BCUT2D eigenvalue weighted by Crippen LogP contribution is -2.38. The zero-order chi connectivity index (χ0) is 19.5. The molecule has 0 bridgehead atoms. The largest absolute Gasteiger partial charge is 0.355 e. The summed E-state index contributed by atoms with van der Waals surface area (Å²) in [7, 11) is 0. The van der Waals surface area contributed by atoms with Crippen LogP contribution in [0.15, 0.2) is 30.9 Å². The number of carbonyl (C=O) groups is 1. The van der Waals surface area contributed by atoms with Crippen LogP contribution >= 0.6 is 0 Å². The predicted octanol–water partition coefficient (Wildman–Crippen LogP) is 1.32. The van der Waals surface area contributed by atoms with Crippen LogP contribution in [0, 0.1) is 19.8 Å². The summed E-state index contributed by atoms with van der Waals surface area (Å²) in [6.45, 7) is 5.25. The molecular formula is C18H21N9O. The summed E-state index contributed by atoms with van der Waals surface area (Å²) in [5.41, 5.74) is 1.68. The Morgan fingerprint density at radius 3 is 2.36 bits per heavy atom. The maximum absolute atomic E-state index is 12.6. The van der Waals surface area contributed by atoms with Crippen LogP contribution in [0.3, 0.4) is 0 Å². The van der Waals surface area contributed by atoms with Crippen molar-refractivity contribution in [1.82, 2.24) is 34.9 Å². The van der Waals surface area contributed by atoms with Crippen molar-refractivity contribution in [3.05, 3.63) is 42.2 Å². The molecular weight excluding hydrogens is 358 g/mol. The van der Waals surface area contributed by atoms with Gasteiger partial charge >= 0.3 is 0 Å². The Morgan fingerprint density at radius 2 is 1.75 bits per heavy atom. The van der Waals surface area contributed by atoms with Gasteiger partial charge in [-0.05, 0) is 44.9 Å². The molecule has 1 aliphatic heterocycles. The number of rotatable bonds is 4. The molecule has 1 fully saturated rings. The summed E-state index contributed by atoms with van der Waals surface area (Å²) in [5, 5.41) is 15.4. The molecule has 10 heteroatoms. The highest BCUT2D eigenvalue weighted by Gasteiger charge is 2.26. The Balaban J connectivity index is 1.34. The minimum Gasteiger partial charge on any atom is -0.355 e. The minimum atomic E-state index is -0.0666. The summed E-state index contributed by atoms with van der Waals surface area (Å²) in [5.74, 6) is 1.68. The van der Waals surface area contributed by atoms with E-state index in [1.54, 1.807) is 11.0 Å². The van der Waals surface area contributed by atoms with Gasteiger partial charge in [-0.3, -0.25) is 10.1 Å². The topological polar surface area (TPSA) is 115 Å². The molecule has 1 aliphatic rings. The molecule has 1 amide bonds. The van der Waals surface area contributed by atoms with E-state index in [1.807, 2.05) is 32.0 Å². The molecule has 0 spiro atoms. The van der Waals surface area contributed by atoms with E-state index in [9.17, 15) is 4.79 Å². The molecule has 1 saturated heterocycles. The Kier molecular flexibility index (Phi) is 4.92. The van der Waals surface area contributed by atoms with Gasteiger partial charge in [0, 0.05) is 30.4 Å². The zero-order valence-electron chi connectivity index (χ0n) is 15.8. The van der Waals surface area contributed by atoms with Crippen LogP contribution in [-0.2, 0) is 4.79 Å². The Bertz CT molecular complexity index is 927. The van der Waals surface area contributed by atoms with E-state index in [0.29, 0.717) is 11.8 Å². The number of nitrogens with one attached hydrogen (secondary N) is 1. The van der Waals surface area contributed by atoms with Crippen LogP contribution in [0.1, 0.15) is 24.2 Å². The monoisotopic (exact) mass is 379 g/mol. The van der Waals surface area contributed by atoms with E-state index in [-0.39, 0.29) is 11.8 Å². The van der Waals surface area contributed by atoms with Crippen molar-refractivity contribution in [2.24, 2.45) is 5.92 Å².